The van der Waals surface area contributed by atoms with Crippen molar-refractivity contribution in [1.29, 1.82) is 0 Å². The third-order valence-corrected chi connectivity index (χ3v) is 3.41. The van der Waals surface area contributed by atoms with E-state index in [1.54, 1.807) is 0 Å². The standard InChI is InChI=1S/C8H8O6S/c9-6(10)5-8(7(11)12)4(3-15-5)13-1-2-14-8/h3,5H,1-2H2,(H,9,10)(H,11,12). The van der Waals surface area contributed by atoms with Crippen molar-refractivity contribution >= 4 is 23.7 Å². The molecule has 0 aromatic rings. The molecule has 1 fully saturated rings. The van der Waals surface area contributed by atoms with E-state index in [2.05, 4.69) is 0 Å². The van der Waals surface area contributed by atoms with Crippen LogP contribution in [0.15, 0.2) is 11.2 Å². The Bertz CT molecular complexity index is 351. The summed E-state index contributed by atoms with van der Waals surface area (Å²) >= 11 is 0.891. The van der Waals surface area contributed by atoms with Gasteiger partial charge in [0.2, 0.25) is 5.60 Å². The Hall–Kier alpha value is -1.21. The maximum Gasteiger partial charge on any atom is 0.345 e. The molecule has 2 unspecified atom stereocenters. The molecule has 2 N–H and O–H groups in total. The van der Waals surface area contributed by atoms with Crippen molar-refractivity contribution in [3.8, 4) is 0 Å². The quantitative estimate of drug-likeness (QED) is 0.686. The first-order chi connectivity index (χ1) is 7.09. The Morgan fingerprint density at radius 1 is 1.47 bits per heavy atom. The van der Waals surface area contributed by atoms with Crippen molar-refractivity contribution in [2.45, 2.75) is 10.9 Å². The number of carboxylic acids is 2. The average Bonchev–Trinajstić information content (AvgIpc) is 2.57. The Labute approximate surface area is 88.9 Å². The summed E-state index contributed by atoms with van der Waals surface area (Å²) in [4.78, 5) is 22.1. The lowest BCUT2D eigenvalue weighted by molar-refractivity contribution is -0.180. The molecule has 2 aliphatic heterocycles. The van der Waals surface area contributed by atoms with E-state index in [4.69, 9.17) is 19.7 Å². The third kappa shape index (κ3) is 1.30. The number of hydrogen-bond acceptors (Lipinski definition) is 5. The highest BCUT2D eigenvalue weighted by molar-refractivity contribution is 8.03. The van der Waals surface area contributed by atoms with Crippen molar-refractivity contribution in [2.24, 2.45) is 0 Å². The van der Waals surface area contributed by atoms with Crippen LogP contribution in [-0.4, -0.2) is 46.2 Å². The Morgan fingerprint density at radius 3 is 2.80 bits per heavy atom. The fourth-order valence-corrected chi connectivity index (χ4v) is 2.69. The molecular weight excluding hydrogens is 224 g/mol. The van der Waals surface area contributed by atoms with Gasteiger partial charge in [-0.25, -0.2) is 4.79 Å². The van der Waals surface area contributed by atoms with Gasteiger partial charge in [-0.3, -0.25) is 4.79 Å². The predicted octanol–water partition coefficient (Wildman–Crippen LogP) is -0.102. The van der Waals surface area contributed by atoms with E-state index in [1.807, 2.05) is 0 Å². The van der Waals surface area contributed by atoms with Gasteiger partial charge >= 0.3 is 11.9 Å². The van der Waals surface area contributed by atoms with E-state index >= 15 is 0 Å². The van der Waals surface area contributed by atoms with Gasteiger partial charge in [0.15, 0.2) is 5.25 Å². The van der Waals surface area contributed by atoms with Crippen molar-refractivity contribution in [3.63, 3.8) is 0 Å². The number of fused-ring (bicyclic) bond motifs is 1. The van der Waals surface area contributed by atoms with Gasteiger partial charge in [0, 0.05) is 5.41 Å². The van der Waals surface area contributed by atoms with E-state index in [9.17, 15) is 9.59 Å². The minimum Gasteiger partial charge on any atom is -0.491 e. The molecule has 15 heavy (non-hydrogen) atoms. The Kier molecular flexibility index (Phi) is 2.35. The van der Waals surface area contributed by atoms with Crippen molar-refractivity contribution in [3.05, 3.63) is 11.2 Å². The van der Waals surface area contributed by atoms with Crippen molar-refractivity contribution in [2.75, 3.05) is 13.2 Å². The molecule has 0 radical (unpaired) electrons. The summed E-state index contributed by atoms with van der Waals surface area (Å²) in [6.45, 7) is 0.321. The molecule has 0 spiro atoms. The Morgan fingerprint density at radius 2 is 2.20 bits per heavy atom. The molecule has 0 aromatic heterocycles. The van der Waals surface area contributed by atoms with Crippen LogP contribution in [0.1, 0.15) is 0 Å². The van der Waals surface area contributed by atoms with Gasteiger partial charge in [-0.1, -0.05) is 0 Å². The van der Waals surface area contributed by atoms with Crippen LogP contribution in [0.25, 0.3) is 0 Å². The fourth-order valence-electron chi connectivity index (χ4n) is 1.60. The van der Waals surface area contributed by atoms with E-state index in [-0.39, 0.29) is 19.0 Å². The van der Waals surface area contributed by atoms with E-state index in [0.717, 1.165) is 11.8 Å². The highest BCUT2D eigenvalue weighted by atomic mass is 32.2. The zero-order valence-corrected chi connectivity index (χ0v) is 8.32. The van der Waals surface area contributed by atoms with E-state index in [1.165, 1.54) is 5.41 Å². The average molecular weight is 232 g/mol. The topological polar surface area (TPSA) is 93.1 Å². The van der Waals surface area contributed by atoms with Gasteiger partial charge < -0.3 is 19.7 Å². The van der Waals surface area contributed by atoms with E-state index in [0.29, 0.717) is 0 Å². The summed E-state index contributed by atoms with van der Waals surface area (Å²) in [6, 6.07) is 0. The fraction of sp³-hybridized carbons (Fsp3) is 0.500. The summed E-state index contributed by atoms with van der Waals surface area (Å²) < 4.78 is 10.2. The predicted molar refractivity (Wildman–Crippen MR) is 49.4 cm³/mol. The van der Waals surface area contributed by atoms with Crippen LogP contribution in [0.5, 0.6) is 0 Å². The molecule has 2 aliphatic rings. The number of hydrogen-bond donors (Lipinski definition) is 2. The second kappa shape index (κ2) is 3.42. The molecule has 0 aliphatic carbocycles. The zero-order valence-electron chi connectivity index (χ0n) is 7.50. The third-order valence-electron chi connectivity index (χ3n) is 2.26. The first-order valence-electron chi connectivity index (χ1n) is 4.18. The number of thioether (sulfide) groups is 1. The summed E-state index contributed by atoms with van der Waals surface area (Å²) in [6.07, 6.45) is 0. The molecule has 6 nitrogen and oxygen atoms in total. The van der Waals surface area contributed by atoms with Crippen LogP contribution in [-0.2, 0) is 19.1 Å². The molecule has 0 aromatic carbocycles. The number of carbonyl (C=O) groups is 2. The van der Waals surface area contributed by atoms with Gasteiger partial charge in [-0.05, 0) is 0 Å². The van der Waals surface area contributed by atoms with Gasteiger partial charge in [0.1, 0.15) is 12.4 Å². The zero-order chi connectivity index (χ0) is 11.1. The summed E-state index contributed by atoms with van der Waals surface area (Å²) in [7, 11) is 0. The monoisotopic (exact) mass is 232 g/mol. The maximum atomic E-state index is 11.2. The van der Waals surface area contributed by atoms with Gasteiger partial charge in [0.25, 0.3) is 0 Å². The maximum absolute atomic E-state index is 11.2. The SMILES string of the molecule is O=C(O)C1SC=C2OCCOC21C(=O)O. The number of aliphatic carboxylic acids is 2. The summed E-state index contributed by atoms with van der Waals surface area (Å²) in [5.41, 5.74) is -1.85. The molecule has 82 valence electrons. The lowest BCUT2D eigenvalue weighted by Gasteiger charge is -2.34. The van der Waals surface area contributed by atoms with E-state index < -0.39 is 22.8 Å². The highest BCUT2D eigenvalue weighted by Crippen LogP contribution is 2.44. The highest BCUT2D eigenvalue weighted by Gasteiger charge is 2.60. The van der Waals surface area contributed by atoms with Crippen LogP contribution in [0.4, 0.5) is 0 Å². The number of rotatable bonds is 2. The van der Waals surface area contributed by atoms with Crippen LogP contribution in [0, 0.1) is 0 Å². The Balaban J connectivity index is 2.42. The normalized spacial score (nSPS) is 33.9. The first-order valence-corrected chi connectivity index (χ1v) is 5.12. The second-order valence-electron chi connectivity index (χ2n) is 3.07. The second-order valence-corrected chi connectivity index (χ2v) is 4.05. The first kappa shape index (κ1) is 10.3. The number of carboxylic acid groups (broad SMARTS) is 2. The molecule has 0 bridgehead atoms. The van der Waals surface area contributed by atoms with Crippen LogP contribution in [0.2, 0.25) is 0 Å². The van der Waals surface area contributed by atoms with Crippen LogP contribution < -0.4 is 0 Å². The van der Waals surface area contributed by atoms with Crippen LogP contribution in [0.3, 0.4) is 0 Å². The molecule has 0 amide bonds. The smallest absolute Gasteiger partial charge is 0.345 e. The van der Waals surface area contributed by atoms with Gasteiger partial charge in [-0.2, -0.15) is 0 Å². The minimum absolute atomic E-state index is 0.0774. The largest absolute Gasteiger partial charge is 0.491 e. The molecule has 2 heterocycles. The van der Waals surface area contributed by atoms with Crippen molar-refractivity contribution < 1.29 is 29.3 Å². The summed E-state index contributed by atoms with van der Waals surface area (Å²) in [5, 5.41) is 18.2. The van der Waals surface area contributed by atoms with Crippen LogP contribution >= 0.6 is 11.8 Å². The molecule has 7 heteroatoms. The van der Waals surface area contributed by atoms with Gasteiger partial charge in [0.05, 0.1) is 6.61 Å². The minimum atomic E-state index is -1.85. The molecule has 0 saturated carbocycles. The molecule has 2 rings (SSSR count). The summed E-state index contributed by atoms with van der Waals surface area (Å²) in [5.74, 6) is -2.47. The molecular formula is C8H8O6S. The van der Waals surface area contributed by atoms with Gasteiger partial charge in [-0.15, -0.1) is 11.8 Å². The van der Waals surface area contributed by atoms with Crippen molar-refractivity contribution in [1.82, 2.24) is 0 Å². The lowest BCUT2D eigenvalue weighted by atomic mass is 9.96. The molecule has 2 atom stereocenters. The number of ether oxygens (including phenoxy) is 2. The molecule has 1 saturated heterocycles. The lowest BCUT2D eigenvalue weighted by Crippen LogP contribution is -2.55.